The van der Waals surface area contributed by atoms with Crippen LogP contribution in [0.25, 0.3) is 106 Å². The third-order valence-corrected chi connectivity index (χ3v) is 11.6. The first-order chi connectivity index (χ1) is 30.2. The number of hydrogen-bond acceptors (Lipinski definition) is 2. The van der Waals surface area contributed by atoms with Gasteiger partial charge in [-0.1, -0.05) is 188 Å². The Morgan fingerprint density at radius 1 is 0.279 bits per heavy atom. The van der Waals surface area contributed by atoms with Crippen LogP contribution in [-0.2, 0) is 0 Å². The van der Waals surface area contributed by atoms with Crippen LogP contribution in [0.4, 0.5) is 0 Å². The molecule has 11 aromatic rings. The molecule has 0 aliphatic heterocycles. The van der Waals surface area contributed by atoms with E-state index < -0.39 is 0 Å². The molecule has 11 rings (SSSR count). The molecule has 286 valence electrons. The number of benzene rings is 9. The zero-order chi connectivity index (χ0) is 40.5. The minimum atomic E-state index is 0.671. The minimum absolute atomic E-state index is 0.671. The molecule has 0 saturated heterocycles. The van der Waals surface area contributed by atoms with Crippen molar-refractivity contribution in [2.24, 2.45) is 0 Å². The molecule has 3 heteroatoms. The molecule has 0 saturated carbocycles. The molecule has 0 aliphatic carbocycles. The van der Waals surface area contributed by atoms with Crippen LogP contribution in [0, 0.1) is 0 Å². The lowest BCUT2D eigenvalue weighted by Gasteiger charge is -2.14. The Morgan fingerprint density at radius 3 is 1.23 bits per heavy atom. The second kappa shape index (κ2) is 15.6. The smallest absolute Gasteiger partial charge is 0.162 e. The van der Waals surface area contributed by atoms with Crippen LogP contribution in [-0.4, -0.2) is 14.5 Å². The van der Waals surface area contributed by atoms with E-state index in [1.165, 1.54) is 22.3 Å². The number of para-hydroxylation sites is 2. The summed E-state index contributed by atoms with van der Waals surface area (Å²) in [4.78, 5) is 11.0. The molecule has 0 fully saturated rings. The molecule has 3 nitrogen and oxygen atoms in total. The largest absolute Gasteiger partial charge is 0.294 e. The van der Waals surface area contributed by atoms with Gasteiger partial charge in [-0.15, -0.1) is 0 Å². The molecule has 0 aliphatic rings. The van der Waals surface area contributed by atoms with Crippen LogP contribution in [0.2, 0.25) is 0 Å². The van der Waals surface area contributed by atoms with E-state index in [0.29, 0.717) is 5.82 Å². The Bertz CT molecular complexity index is 3260. The summed E-state index contributed by atoms with van der Waals surface area (Å²) < 4.78 is 2.29. The van der Waals surface area contributed by atoms with E-state index in [1.807, 2.05) is 0 Å². The van der Waals surface area contributed by atoms with Crippen LogP contribution < -0.4 is 0 Å². The average molecular weight is 778 g/mol. The van der Waals surface area contributed by atoms with E-state index in [2.05, 4.69) is 241 Å². The second-order valence-corrected chi connectivity index (χ2v) is 15.4. The number of nitrogens with zero attached hydrogens (tertiary/aromatic N) is 3. The fourth-order valence-electron chi connectivity index (χ4n) is 8.59. The maximum Gasteiger partial charge on any atom is 0.162 e. The van der Waals surface area contributed by atoms with Gasteiger partial charge < -0.3 is 0 Å². The molecular formula is C58H39N3. The van der Waals surface area contributed by atoms with E-state index >= 15 is 0 Å². The van der Waals surface area contributed by atoms with Gasteiger partial charge in [-0.2, -0.15) is 0 Å². The first kappa shape index (κ1) is 36.0. The van der Waals surface area contributed by atoms with E-state index in [-0.39, 0.29) is 0 Å². The summed E-state index contributed by atoms with van der Waals surface area (Å²) in [6.07, 6.45) is 0. The highest BCUT2D eigenvalue weighted by molar-refractivity contribution is 6.14. The third kappa shape index (κ3) is 6.88. The molecule has 0 bridgehead atoms. The number of fused-ring (bicyclic) bond motifs is 3. The van der Waals surface area contributed by atoms with Crippen molar-refractivity contribution in [1.29, 1.82) is 0 Å². The summed E-state index contributed by atoms with van der Waals surface area (Å²) in [6, 6.07) is 84.0. The molecular weight excluding hydrogens is 739 g/mol. The number of hydrogen-bond donors (Lipinski definition) is 0. The van der Waals surface area contributed by atoms with Gasteiger partial charge >= 0.3 is 0 Å². The van der Waals surface area contributed by atoms with Crippen molar-refractivity contribution in [2.45, 2.75) is 0 Å². The highest BCUT2D eigenvalue weighted by Gasteiger charge is 2.22. The van der Waals surface area contributed by atoms with Crippen molar-refractivity contribution < 1.29 is 0 Å². The van der Waals surface area contributed by atoms with Gasteiger partial charge in [0.25, 0.3) is 0 Å². The predicted molar refractivity (Wildman–Crippen MR) is 254 cm³/mol. The lowest BCUT2D eigenvalue weighted by molar-refractivity contribution is 1.11. The molecule has 9 aromatic carbocycles. The van der Waals surface area contributed by atoms with Gasteiger partial charge in [-0.25, -0.2) is 9.97 Å². The summed E-state index contributed by atoms with van der Waals surface area (Å²) in [5, 5.41) is 2.13. The molecule has 0 N–H and O–H groups in total. The summed E-state index contributed by atoms with van der Waals surface area (Å²) in [6.45, 7) is 0. The fourth-order valence-corrected chi connectivity index (χ4v) is 8.59. The Balaban J connectivity index is 1.09. The molecule has 0 radical (unpaired) electrons. The minimum Gasteiger partial charge on any atom is -0.294 e. The number of aromatic nitrogens is 3. The van der Waals surface area contributed by atoms with Crippen LogP contribution in [0.15, 0.2) is 237 Å². The zero-order valence-electron chi connectivity index (χ0n) is 33.4. The molecule has 61 heavy (non-hydrogen) atoms. The Morgan fingerprint density at radius 2 is 0.672 bits per heavy atom. The van der Waals surface area contributed by atoms with Crippen LogP contribution in [0.1, 0.15) is 0 Å². The third-order valence-electron chi connectivity index (χ3n) is 11.6. The second-order valence-electron chi connectivity index (χ2n) is 15.4. The lowest BCUT2D eigenvalue weighted by atomic mass is 9.94. The molecule has 2 heterocycles. The fraction of sp³-hybridized carbons (Fsp3) is 0. The Labute approximate surface area is 355 Å². The summed E-state index contributed by atoms with van der Waals surface area (Å²) >= 11 is 0. The van der Waals surface area contributed by atoms with Crippen molar-refractivity contribution in [1.82, 2.24) is 14.5 Å². The lowest BCUT2D eigenvalue weighted by Crippen LogP contribution is -2.00. The molecule has 0 atom stereocenters. The van der Waals surface area contributed by atoms with Gasteiger partial charge in [0.15, 0.2) is 5.82 Å². The van der Waals surface area contributed by atoms with Crippen molar-refractivity contribution in [3.63, 3.8) is 0 Å². The average Bonchev–Trinajstić information content (AvgIpc) is 3.69. The van der Waals surface area contributed by atoms with Crippen molar-refractivity contribution >= 4 is 21.9 Å². The quantitative estimate of drug-likeness (QED) is 0.154. The van der Waals surface area contributed by atoms with E-state index in [1.54, 1.807) is 0 Å². The van der Waals surface area contributed by atoms with Crippen molar-refractivity contribution in [2.75, 3.05) is 0 Å². The summed E-state index contributed by atoms with van der Waals surface area (Å²) in [5.74, 6) is 0.671. The van der Waals surface area contributed by atoms with E-state index in [4.69, 9.17) is 9.97 Å². The normalized spacial score (nSPS) is 11.3. The van der Waals surface area contributed by atoms with Crippen LogP contribution in [0.3, 0.4) is 0 Å². The molecule has 0 unspecified atom stereocenters. The molecule has 0 spiro atoms. The van der Waals surface area contributed by atoms with Crippen LogP contribution in [0.5, 0.6) is 0 Å². The van der Waals surface area contributed by atoms with Crippen LogP contribution >= 0.6 is 0 Å². The zero-order valence-corrected chi connectivity index (χ0v) is 33.4. The standard InChI is InChI=1S/C58H39N3/c1-5-17-40(18-6-1)45-23-15-24-46(35-45)43-31-33-44(34-32-43)47-25-16-26-48(36-47)57-59-56(55-53-29-13-14-30-54(53)61(58(55)60-57)52-27-11-4-12-28-52)51-38-49(41-19-7-2-8-20-41)37-50(39-51)42-21-9-3-10-22-42/h1-39H. The molecule has 0 amide bonds. The first-order valence-corrected chi connectivity index (χ1v) is 20.7. The van der Waals surface area contributed by atoms with Gasteiger partial charge in [-0.3, -0.25) is 4.57 Å². The Kier molecular flexibility index (Phi) is 9.18. The predicted octanol–water partition coefficient (Wildman–Crippen LogP) is 15.2. The van der Waals surface area contributed by atoms with Gasteiger partial charge in [0.1, 0.15) is 5.65 Å². The van der Waals surface area contributed by atoms with Crippen molar-refractivity contribution in [3.05, 3.63) is 237 Å². The molecule has 2 aromatic heterocycles. The SMILES string of the molecule is c1ccc(-c2cccc(-c3ccc(-c4cccc(-c5nc(-c6cc(-c7ccccc7)cc(-c7ccccc7)c6)c6c7ccccc7n(-c7ccccc7)c6n5)c4)cc3)c2)cc1. The Hall–Kier alpha value is -8.14. The van der Waals surface area contributed by atoms with Gasteiger partial charge in [0.05, 0.1) is 16.6 Å². The topological polar surface area (TPSA) is 30.7 Å². The first-order valence-electron chi connectivity index (χ1n) is 20.7. The van der Waals surface area contributed by atoms with Gasteiger partial charge in [0, 0.05) is 22.2 Å². The monoisotopic (exact) mass is 777 g/mol. The maximum absolute atomic E-state index is 5.57. The summed E-state index contributed by atoms with van der Waals surface area (Å²) in [7, 11) is 0. The number of rotatable bonds is 8. The van der Waals surface area contributed by atoms with Gasteiger partial charge in [-0.05, 0) is 104 Å². The van der Waals surface area contributed by atoms with E-state index in [0.717, 1.165) is 77.8 Å². The highest BCUT2D eigenvalue weighted by atomic mass is 15.1. The maximum atomic E-state index is 5.57. The van der Waals surface area contributed by atoms with Gasteiger partial charge in [0.2, 0.25) is 0 Å². The van der Waals surface area contributed by atoms with E-state index in [9.17, 15) is 0 Å². The summed E-state index contributed by atoms with van der Waals surface area (Å²) in [5.41, 5.74) is 17.5. The van der Waals surface area contributed by atoms with Crippen molar-refractivity contribution in [3.8, 4) is 84.0 Å². The highest BCUT2D eigenvalue weighted by Crippen LogP contribution is 2.41.